The van der Waals surface area contributed by atoms with Crippen molar-refractivity contribution in [2.75, 3.05) is 20.3 Å². The van der Waals surface area contributed by atoms with E-state index in [4.69, 9.17) is 9.47 Å². The predicted molar refractivity (Wildman–Crippen MR) is 94.1 cm³/mol. The molecule has 2 fully saturated rings. The van der Waals surface area contributed by atoms with Gasteiger partial charge in [-0.05, 0) is 43.4 Å². The molecule has 3 heterocycles. The van der Waals surface area contributed by atoms with Gasteiger partial charge in [0, 0.05) is 25.2 Å². The molecule has 0 aliphatic carbocycles. The molecule has 3 aliphatic rings. The third kappa shape index (κ3) is 3.47. The minimum Gasteiger partial charge on any atom is -0.486 e. The second kappa shape index (κ2) is 7.19. The molecule has 3 aliphatic heterocycles. The lowest BCUT2D eigenvalue weighted by atomic mass is 9.98. The first-order valence-electron chi connectivity index (χ1n) is 8.59. The molecule has 1 aromatic carbocycles. The smallest absolute Gasteiger partial charge is 0.226 e. The van der Waals surface area contributed by atoms with E-state index in [1.165, 1.54) is 12.8 Å². The molecule has 1 aromatic rings. The Morgan fingerprint density at radius 1 is 1.17 bits per heavy atom. The number of likely N-dealkylation sites (N-methyl/N-ethyl adjacent to an activating group) is 1. The summed E-state index contributed by atoms with van der Waals surface area (Å²) < 4.78 is 11.1. The summed E-state index contributed by atoms with van der Waals surface area (Å²) in [5, 5.41) is 3.63. The van der Waals surface area contributed by atoms with Gasteiger partial charge in [-0.25, -0.2) is 0 Å². The van der Waals surface area contributed by atoms with E-state index in [2.05, 4.69) is 5.32 Å². The average molecular weight is 353 g/mol. The Morgan fingerprint density at radius 3 is 2.54 bits per heavy atom. The molecular formula is C18H25ClN2O3. The number of carbonyl (C=O) groups is 1. The first-order chi connectivity index (χ1) is 11.2. The van der Waals surface area contributed by atoms with E-state index in [-0.39, 0.29) is 18.3 Å². The van der Waals surface area contributed by atoms with Gasteiger partial charge in [-0.2, -0.15) is 0 Å². The van der Waals surface area contributed by atoms with Gasteiger partial charge in [-0.3, -0.25) is 4.79 Å². The van der Waals surface area contributed by atoms with Crippen LogP contribution in [0.1, 0.15) is 31.2 Å². The van der Waals surface area contributed by atoms with Crippen molar-refractivity contribution in [1.29, 1.82) is 0 Å². The summed E-state index contributed by atoms with van der Waals surface area (Å²) in [6.45, 7) is 1.16. The molecule has 1 amide bonds. The number of nitrogens with zero attached hydrogens (tertiary/aromatic N) is 1. The quantitative estimate of drug-likeness (QED) is 0.905. The number of amides is 1. The predicted octanol–water partition coefficient (Wildman–Crippen LogP) is 2.16. The van der Waals surface area contributed by atoms with Crippen LogP contribution in [-0.2, 0) is 11.2 Å². The fraction of sp³-hybridized carbons (Fsp3) is 0.611. The number of ether oxygens (including phenoxy) is 2. The van der Waals surface area contributed by atoms with Crippen molar-refractivity contribution in [3.8, 4) is 11.5 Å². The van der Waals surface area contributed by atoms with E-state index in [1.54, 1.807) is 0 Å². The third-order valence-corrected chi connectivity index (χ3v) is 5.35. The molecule has 2 saturated heterocycles. The Balaban J connectivity index is 0.00000169. The summed E-state index contributed by atoms with van der Waals surface area (Å²) in [6, 6.07) is 7.38. The molecule has 2 bridgehead atoms. The van der Waals surface area contributed by atoms with Gasteiger partial charge in [0.05, 0.1) is 6.42 Å². The average Bonchev–Trinajstić information content (AvgIpc) is 2.92. The van der Waals surface area contributed by atoms with Crippen molar-refractivity contribution >= 4 is 18.3 Å². The maximum absolute atomic E-state index is 12.6. The maximum Gasteiger partial charge on any atom is 0.226 e. The SMILES string of the molecule is CN(C(=O)Cc1ccc2c(c1)OCCO2)C1CC2CCC(C1)N2.Cl. The Kier molecular flexibility index (Phi) is 5.21. The second-order valence-corrected chi connectivity index (χ2v) is 6.92. The minimum absolute atomic E-state index is 0. The molecule has 2 unspecified atom stereocenters. The molecule has 132 valence electrons. The highest BCUT2D eigenvalue weighted by atomic mass is 35.5. The van der Waals surface area contributed by atoms with E-state index < -0.39 is 0 Å². The zero-order valence-electron chi connectivity index (χ0n) is 14.0. The molecule has 0 aromatic heterocycles. The number of piperidine rings is 1. The minimum atomic E-state index is 0. The summed E-state index contributed by atoms with van der Waals surface area (Å²) in [6.07, 6.45) is 5.10. The van der Waals surface area contributed by atoms with Crippen molar-refractivity contribution in [3.63, 3.8) is 0 Å². The standard InChI is InChI=1S/C18H24N2O3.ClH/c1-20(15-10-13-3-4-14(11-15)19-13)18(21)9-12-2-5-16-17(8-12)23-7-6-22-16;/h2,5,8,13-15,19H,3-4,6-7,9-11H2,1H3;1H. The van der Waals surface area contributed by atoms with Crippen molar-refractivity contribution in [1.82, 2.24) is 10.2 Å². The normalized spacial score (nSPS) is 27.3. The number of carbonyl (C=O) groups excluding carboxylic acids is 1. The van der Waals surface area contributed by atoms with Crippen LogP contribution in [0, 0.1) is 0 Å². The summed E-state index contributed by atoms with van der Waals surface area (Å²) in [4.78, 5) is 14.6. The van der Waals surface area contributed by atoms with Crippen molar-refractivity contribution < 1.29 is 14.3 Å². The summed E-state index contributed by atoms with van der Waals surface area (Å²) in [5.41, 5.74) is 0.989. The highest BCUT2D eigenvalue weighted by Gasteiger charge is 2.36. The van der Waals surface area contributed by atoms with Crippen LogP contribution in [-0.4, -0.2) is 49.2 Å². The first-order valence-corrected chi connectivity index (χ1v) is 8.59. The number of rotatable bonds is 3. The van der Waals surface area contributed by atoms with Crippen LogP contribution in [0.2, 0.25) is 0 Å². The largest absolute Gasteiger partial charge is 0.486 e. The van der Waals surface area contributed by atoms with E-state index in [9.17, 15) is 4.79 Å². The van der Waals surface area contributed by atoms with Crippen LogP contribution >= 0.6 is 12.4 Å². The molecule has 2 atom stereocenters. The van der Waals surface area contributed by atoms with E-state index in [0.29, 0.717) is 37.8 Å². The lowest BCUT2D eigenvalue weighted by Gasteiger charge is -2.35. The molecule has 6 heteroatoms. The lowest BCUT2D eigenvalue weighted by Crippen LogP contribution is -2.49. The van der Waals surface area contributed by atoms with Gasteiger partial charge >= 0.3 is 0 Å². The van der Waals surface area contributed by atoms with Crippen molar-refractivity contribution in [2.45, 2.75) is 50.2 Å². The van der Waals surface area contributed by atoms with Gasteiger partial charge in [0.2, 0.25) is 5.91 Å². The molecule has 24 heavy (non-hydrogen) atoms. The van der Waals surface area contributed by atoms with E-state index in [0.717, 1.165) is 29.9 Å². The molecule has 0 saturated carbocycles. The van der Waals surface area contributed by atoms with Gasteiger partial charge in [-0.15, -0.1) is 12.4 Å². The summed E-state index contributed by atoms with van der Waals surface area (Å²) >= 11 is 0. The van der Waals surface area contributed by atoms with Crippen LogP contribution in [0.25, 0.3) is 0 Å². The van der Waals surface area contributed by atoms with Crippen LogP contribution in [0.15, 0.2) is 18.2 Å². The van der Waals surface area contributed by atoms with Crippen molar-refractivity contribution in [3.05, 3.63) is 23.8 Å². The number of hydrogen-bond donors (Lipinski definition) is 1. The Labute approximate surface area is 149 Å². The van der Waals surface area contributed by atoms with Gasteiger partial charge in [0.1, 0.15) is 13.2 Å². The fourth-order valence-electron chi connectivity index (χ4n) is 4.04. The number of halogens is 1. The molecule has 5 nitrogen and oxygen atoms in total. The van der Waals surface area contributed by atoms with Crippen LogP contribution < -0.4 is 14.8 Å². The molecule has 0 radical (unpaired) electrons. The van der Waals surface area contributed by atoms with Crippen LogP contribution in [0.5, 0.6) is 11.5 Å². The number of hydrogen-bond acceptors (Lipinski definition) is 4. The zero-order chi connectivity index (χ0) is 15.8. The third-order valence-electron chi connectivity index (χ3n) is 5.35. The molecule has 0 spiro atoms. The maximum atomic E-state index is 12.6. The Hall–Kier alpha value is -1.46. The van der Waals surface area contributed by atoms with Gasteiger partial charge in [-0.1, -0.05) is 6.07 Å². The Morgan fingerprint density at radius 2 is 1.83 bits per heavy atom. The van der Waals surface area contributed by atoms with Gasteiger partial charge in [0.15, 0.2) is 11.5 Å². The van der Waals surface area contributed by atoms with Gasteiger partial charge in [0.25, 0.3) is 0 Å². The van der Waals surface area contributed by atoms with E-state index in [1.807, 2.05) is 30.1 Å². The van der Waals surface area contributed by atoms with Crippen molar-refractivity contribution in [2.24, 2.45) is 0 Å². The van der Waals surface area contributed by atoms with E-state index >= 15 is 0 Å². The highest BCUT2D eigenvalue weighted by Crippen LogP contribution is 2.32. The molecule has 4 rings (SSSR count). The van der Waals surface area contributed by atoms with Gasteiger partial charge < -0.3 is 19.7 Å². The van der Waals surface area contributed by atoms with Crippen LogP contribution in [0.3, 0.4) is 0 Å². The number of benzene rings is 1. The van der Waals surface area contributed by atoms with Crippen LogP contribution in [0.4, 0.5) is 0 Å². The topological polar surface area (TPSA) is 50.8 Å². The Bertz CT molecular complexity index is 598. The monoisotopic (exact) mass is 352 g/mol. The lowest BCUT2D eigenvalue weighted by molar-refractivity contribution is -0.131. The highest BCUT2D eigenvalue weighted by molar-refractivity contribution is 5.85. The first kappa shape index (κ1) is 17.4. The summed E-state index contributed by atoms with van der Waals surface area (Å²) in [7, 11) is 1.95. The fourth-order valence-corrected chi connectivity index (χ4v) is 4.04. The zero-order valence-corrected chi connectivity index (χ0v) is 14.8. The molecular weight excluding hydrogens is 328 g/mol. The molecule has 1 N–H and O–H groups in total. The summed E-state index contributed by atoms with van der Waals surface area (Å²) in [5.74, 6) is 1.72. The second-order valence-electron chi connectivity index (χ2n) is 6.92. The number of nitrogens with one attached hydrogen (secondary N) is 1. The number of fused-ring (bicyclic) bond motifs is 3.